The SMILES string of the molecule is Sc1cc2c(cc1N(c1ccc(N(c3ccccc3)c3ccccc3)cc1)c1ccccc1-c1ccccc1)B1c3ccccc3N(c3ccccc3)c3cc(N(c4ccccc4)c4ccccc4)cc(c31)N2c1ccccc1. The monoisotopic (exact) mass is 1030 g/mol. The predicted molar refractivity (Wildman–Crippen MR) is 337 cm³/mol. The second kappa shape index (κ2) is 20.5. The van der Waals surface area contributed by atoms with Crippen molar-refractivity contribution in [1.82, 2.24) is 0 Å². The van der Waals surface area contributed by atoms with Crippen LogP contribution in [0.4, 0.5) is 85.3 Å². The van der Waals surface area contributed by atoms with Gasteiger partial charge in [0.05, 0.1) is 17.1 Å². The highest BCUT2D eigenvalue weighted by molar-refractivity contribution is 7.80. The van der Waals surface area contributed by atoms with Gasteiger partial charge in [-0.1, -0.05) is 176 Å². The summed E-state index contributed by atoms with van der Waals surface area (Å²) < 4.78 is 0. The van der Waals surface area contributed by atoms with Gasteiger partial charge in [0.15, 0.2) is 0 Å². The van der Waals surface area contributed by atoms with E-state index < -0.39 is 0 Å². The van der Waals surface area contributed by atoms with E-state index in [9.17, 15) is 0 Å². The van der Waals surface area contributed by atoms with E-state index in [1.165, 1.54) is 16.4 Å². The summed E-state index contributed by atoms with van der Waals surface area (Å²) in [7, 11) is 0. The number of hydrogen-bond acceptors (Lipinski definition) is 6. The molecule has 14 rings (SSSR count). The summed E-state index contributed by atoms with van der Waals surface area (Å²) in [4.78, 5) is 12.9. The maximum atomic E-state index is 5.63. The van der Waals surface area contributed by atoms with Crippen LogP contribution in [0.2, 0.25) is 0 Å². The van der Waals surface area contributed by atoms with E-state index in [0.29, 0.717) is 0 Å². The van der Waals surface area contributed by atoms with Crippen LogP contribution in [0.3, 0.4) is 0 Å². The third-order valence-corrected chi connectivity index (χ3v) is 15.6. The maximum Gasteiger partial charge on any atom is 0.252 e. The molecule has 0 atom stereocenters. The third-order valence-electron chi connectivity index (χ3n) is 15.2. The number of anilines is 15. The third kappa shape index (κ3) is 8.58. The first-order valence-corrected chi connectivity index (χ1v) is 27.3. The Kier molecular flexibility index (Phi) is 12.4. The molecule has 12 aromatic rings. The van der Waals surface area contributed by atoms with E-state index in [0.717, 1.165) is 101 Å². The zero-order valence-electron chi connectivity index (χ0n) is 43.2. The van der Waals surface area contributed by atoms with E-state index >= 15 is 0 Å². The first-order chi connectivity index (χ1) is 39.2. The van der Waals surface area contributed by atoms with Gasteiger partial charge in [-0.15, -0.1) is 12.6 Å². The molecule has 2 aliphatic rings. The molecule has 5 nitrogen and oxygen atoms in total. The Bertz CT molecular complexity index is 4020. The Morgan fingerprint density at radius 3 is 1.19 bits per heavy atom. The highest BCUT2D eigenvalue weighted by Crippen LogP contribution is 2.51. The van der Waals surface area contributed by atoms with Crippen LogP contribution in [0.1, 0.15) is 0 Å². The highest BCUT2D eigenvalue weighted by Gasteiger charge is 2.44. The molecule has 12 aromatic carbocycles. The molecule has 0 saturated carbocycles. The first kappa shape index (κ1) is 47.5. The molecule has 2 heterocycles. The first-order valence-electron chi connectivity index (χ1n) is 26.9. The van der Waals surface area contributed by atoms with E-state index in [1.54, 1.807) is 0 Å². The fourth-order valence-corrected chi connectivity index (χ4v) is 12.2. The molecule has 0 N–H and O–H groups in total. The summed E-state index contributed by atoms with van der Waals surface area (Å²) in [6, 6.07) is 111. The van der Waals surface area contributed by atoms with Gasteiger partial charge in [0.2, 0.25) is 0 Å². The van der Waals surface area contributed by atoms with Crippen LogP contribution < -0.4 is 40.9 Å². The van der Waals surface area contributed by atoms with Crippen LogP contribution in [0.5, 0.6) is 0 Å². The summed E-state index contributed by atoms with van der Waals surface area (Å²) in [5.41, 5.74) is 21.9. The van der Waals surface area contributed by atoms with Gasteiger partial charge in [-0.25, -0.2) is 0 Å². The fourth-order valence-electron chi connectivity index (χ4n) is 11.9. The molecular weight excluding hydrogens is 978 g/mol. The second-order valence-electron chi connectivity index (χ2n) is 19.9. The lowest BCUT2D eigenvalue weighted by molar-refractivity contribution is 1.20. The average Bonchev–Trinajstić information content (AvgIpc) is 3.63. The normalized spacial score (nSPS) is 12.0. The summed E-state index contributed by atoms with van der Waals surface area (Å²) in [5, 5.41) is 0. The molecule has 374 valence electrons. The molecule has 0 spiro atoms. The molecule has 0 aliphatic carbocycles. The van der Waals surface area contributed by atoms with Crippen LogP contribution in [0.15, 0.2) is 314 Å². The lowest BCUT2D eigenvalue weighted by Crippen LogP contribution is -2.61. The number of rotatable bonds is 12. The van der Waals surface area contributed by atoms with Crippen molar-refractivity contribution in [2.45, 2.75) is 4.90 Å². The van der Waals surface area contributed by atoms with Gasteiger partial charge in [0.1, 0.15) is 0 Å². The molecule has 0 amide bonds. The van der Waals surface area contributed by atoms with Gasteiger partial charge in [-0.2, -0.15) is 0 Å². The Balaban J connectivity index is 1.03. The van der Waals surface area contributed by atoms with Crippen LogP contribution in [-0.4, -0.2) is 6.71 Å². The van der Waals surface area contributed by atoms with E-state index in [-0.39, 0.29) is 6.71 Å². The van der Waals surface area contributed by atoms with Crippen LogP contribution in [-0.2, 0) is 0 Å². The average molecular weight is 1030 g/mol. The van der Waals surface area contributed by atoms with Crippen molar-refractivity contribution in [2.24, 2.45) is 0 Å². The smallest absolute Gasteiger partial charge is 0.252 e. The zero-order valence-corrected chi connectivity index (χ0v) is 44.1. The Morgan fingerprint density at radius 2 is 0.671 bits per heavy atom. The molecule has 79 heavy (non-hydrogen) atoms. The van der Waals surface area contributed by atoms with E-state index in [2.05, 4.69) is 334 Å². The molecule has 0 bridgehead atoms. The highest BCUT2D eigenvalue weighted by atomic mass is 32.1. The van der Waals surface area contributed by atoms with Crippen molar-refractivity contribution < 1.29 is 0 Å². The predicted octanol–water partition coefficient (Wildman–Crippen LogP) is 18.1. The summed E-state index contributed by atoms with van der Waals surface area (Å²) in [6.45, 7) is -0.168. The van der Waals surface area contributed by atoms with Crippen molar-refractivity contribution in [3.63, 3.8) is 0 Å². The van der Waals surface area contributed by atoms with Crippen LogP contribution >= 0.6 is 12.6 Å². The lowest BCUT2D eigenvalue weighted by atomic mass is 9.33. The maximum absolute atomic E-state index is 5.63. The minimum absolute atomic E-state index is 0.168. The number of nitrogens with zero attached hydrogens (tertiary/aromatic N) is 5. The second-order valence-corrected chi connectivity index (χ2v) is 20.4. The largest absolute Gasteiger partial charge is 0.311 e. The van der Waals surface area contributed by atoms with Crippen LogP contribution in [0.25, 0.3) is 11.1 Å². The van der Waals surface area contributed by atoms with Crippen molar-refractivity contribution in [3.8, 4) is 11.1 Å². The number of fused-ring (bicyclic) bond motifs is 4. The molecule has 0 saturated heterocycles. The Morgan fingerprint density at radius 1 is 0.278 bits per heavy atom. The number of para-hydroxylation sites is 8. The zero-order chi connectivity index (χ0) is 52.7. The van der Waals surface area contributed by atoms with E-state index in [1.807, 2.05) is 0 Å². The Hall–Kier alpha value is -9.95. The lowest BCUT2D eigenvalue weighted by Gasteiger charge is -2.45. The molecule has 2 aliphatic heterocycles. The number of hydrogen-bond donors (Lipinski definition) is 1. The van der Waals surface area contributed by atoms with Gasteiger partial charge in [-0.05, 0) is 155 Å². The van der Waals surface area contributed by atoms with Crippen molar-refractivity contribution in [1.29, 1.82) is 0 Å². The molecule has 0 fully saturated rings. The van der Waals surface area contributed by atoms with Crippen molar-refractivity contribution in [3.05, 3.63) is 309 Å². The fraction of sp³-hybridized carbons (Fsp3) is 0. The Labute approximate surface area is 468 Å². The van der Waals surface area contributed by atoms with Gasteiger partial charge in [0.25, 0.3) is 6.71 Å². The summed E-state index contributed by atoms with van der Waals surface area (Å²) in [5.74, 6) is 0. The number of benzene rings is 12. The topological polar surface area (TPSA) is 16.2 Å². The van der Waals surface area contributed by atoms with Crippen molar-refractivity contribution in [2.75, 3.05) is 24.5 Å². The molecule has 0 aromatic heterocycles. The number of thiol groups is 1. The molecule has 7 heteroatoms. The molecule has 0 unspecified atom stereocenters. The van der Waals surface area contributed by atoms with Gasteiger partial charge >= 0.3 is 0 Å². The standard InChI is InChI=1S/C72H52BN5S/c79-71-51-67-64(50-68(71)76(65-42-24-22-40-62(65)52-26-8-1-9-27-52)60-46-44-59(45-47-60)74(53-28-10-2-11-29-53)54-30-12-3-13-31-54)73-63-41-23-25-43-66(63)77(57-36-18-6-19-37-57)69-48-61(49-70(72(69)73)78(67)58-38-20-7-21-39-58)75(55-32-14-4-15-33-55)56-34-16-5-17-35-56/h1-51,79H. The van der Waals surface area contributed by atoms with Gasteiger partial charge < -0.3 is 24.5 Å². The van der Waals surface area contributed by atoms with Crippen molar-refractivity contribution >= 4 is 121 Å². The quantitative estimate of drug-likeness (QED) is 0.0967. The van der Waals surface area contributed by atoms with Gasteiger partial charge in [0, 0.05) is 78.7 Å². The van der Waals surface area contributed by atoms with Gasteiger partial charge in [-0.3, -0.25) is 0 Å². The molecular formula is C72H52BN5S. The molecule has 0 radical (unpaired) electrons. The summed E-state index contributed by atoms with van der Waals surface area (Å²) >= 11 is 5.63. The van der Waals surface area contributed by atoms with E-state index in [4.69, 9.17) is 12.6 Å². The minimum Gasteiger partial charge on any atom is -0.311 e. The minimum atomic E-state index is -0.168. The summed E-state index contributed by atoms with van der Waals surface area (Å²) in [6.07, 6.45) is 0. The van der Waals surface area contributed by atoms with Crippen LogP contribution in [0, 0.1) is 0 Å².